The second kappa shape index (κ2) is 18.5. The summed E-state index contributed by atoms with van der Waals surface area (Å²) in [5.74, 6) is -5.91. The number of nitrogens with zero attached hydrogens (tertiary/aromatic N) is 3. The molecular weight excluding hydrogens is 682 g/mol. The van der Waals surface area contributed by atoms with Gasteiger partial charge in [0.25, 0.3) is 0 Å². The number of benzene rings is 1. The number of carbonyl (C=O) groups is 7. The zero-order chi connectivity index (χ0) is 37.8. The lowest BCUT2D eigenvalue weighted by atomic mass is 9.98. The number of aromatic nitrogens is 3. The smallest absolute Gasteiger partial charge is 0.303 e. The summed E-state index contributed by atoms with van der Waals surface area (Å²) in [6.07, 6.45) is -11.2. The van der Waals surface area contributed by atoms with E-state index in [0.717, 1.165) is 48.5 Å². The molecule has 3 rings (SSSR count). The highest BCUT2D eigenvalue weighted by Gasteiger charge is 2.53. The molecule has 1 aromatic carbocycles. The normalized spacial score (nSPS) is 21.5. The predicted molar refractivity (Wildman–Crippen MR) is 165 cm³/mol. The van der Waals surface area contributed by atoms with E-state index < -0.39 is 104 Å². The van der Waals surface area contributed by atoms with Gasteiger partial charge in [0.05, 0.1) is 18.5 Å². The fourth-order valence-corrected chi connectivity index (χ4v) is 5.01. The SMILES string of the molecule is CC(=O)OC[C@H]1O[C@@H](OC[C@H](OC(C)=O)[C@H](OC(C)=O)[C@H](OC(C)=O)c2cnn(-c3ccccc3)n2)[C@@H](OC(C)=O)[C@@H](OC(C)=O)[C@H]1OC(C)=O. The molecule has 1 aliphatic heterocycles. The Bertz CT molecular complexity index is 1560. The standard InChI is InChI=1S/C32H39N3O16/c1-16(36)43-14-26-29(48-20(5)40)30(49-21(6)41)31(50-22(7)42)32(51-26)44-15-25(45-17(2)37)28(47-19(4)39)27(46-18(3)38)24-13-33-35(34-24)23-11-9-8-10-12-23/h8-13,25-32H,14-15H2,1-7H3/t25-,26+,27+,28-,29-,30-,31-,32+/m0/s1. The Morgan fingerprint density at radius 1 is 0.706 bits per heavy atom. The van der Waals surface area contributed by atoms with Gasteiger partial charge in [-0.15, -0.1) is 5.10 Å². The number of para-hydroxylation sites is 1. The second-order valence-electron chi connectivity index (χ2n) is 11.0. The summed E-state index contributed by atoms with van der Waals surface area (Å²) >= 11 is 0. The molecule has 2 aromatic rings. The van der Waals surface area contributed by atoms with Gasteiger partial charge >= 0.3 is 41.8 Å². The summed E-state index contributed by atoms with van der Waals surface area (Å²) in [4.78, 5) is 86.5. The number of ether oxygens (including phenoxy) is 9. The van der Waals surface area contributed by atoms with Gasteiger partial charge < -0.3 is 42.6 Å². The molecule has 0 spiro atoms. The van der Waals surface area contributed by atoms with E-state index >= 15 is 0 Å². The monoisotopic (exact) mass is 721 g/mol. The van der Waals surface area contributed by atoms with Crippen LogP contribution in [0.4, 0.5) is 0 Å². The van der Waals surface area contributed by atoms with E-state index in [4.69, 9.17) is 42.6 Å². The Hall–Kier alpha value is -5.43. The van der Waals surface area contributed by atoms with Crippen molar-refractivity contribution in [2.24, 2.45) is 0 Å². The fourth-order valence-electron chi connectivity index (χ4n) is 5.01. The Morgan fingerprint density at radius 2 is 1.27 bits per heavy atom. The van der Waals surface area contributed by atoms with Crippen LogP contribution in [0.3, 0.4) is 0 Å². The number of hydrogen-bond acceptors (Lipinski definition) is 18. The number of rotatable bonds is 15. The summed E-state index contributed by atoms with van der Waals surface area (Å²) in [5.41, 5.74) is 0.530. The van der Waals surface area contributed by atoms with Gasteiger partial charge in [-0.05, 0) is 12.1 Å². The highest BCUT2D eigenvalue weighted by Crippen LogP contribution is 2.32. The van der Waals surface area contributed by atoms with Crippen molar-refractivity contribution in [1.29, 1.82) is 0 Å². The lowest BCUT2D eigenvalue weighted by Crippen LogP contribution is -2.63. The lowest BCUT2D eigenvalue weighted by molar-refractivity contribution is -0.313. The lowest BCUT2D eigenvalue weighted by Gasteiger charge is -2.44. The van der Waals surface area contributed by atoms with E-state index in [-0.39, 0.29) is 5.69 Å². The molecule has 0 bridgehead atoms. The predicted octanol–water partition coefficient (Wildman–Crippen LogP) is 0.835. The van der Waals surface area contributed by atoms with E-state index in [1.165, 1.54) is 11.0 Å². The highest BCUT2D eigenvalue weighted by atomic mass is 16.7. The minimum Gasteiger partial charge on any atom is -0.463 e. The van der Waals surface area contributed by atoms with Crippen LogP contribution >= 0.6 is 0 Å². The second-order valence-corrected chi connectivity index (χ2v) is 11.0. The first-order valence-electron chi connectivity index (χ1n) is 15.5. The molecule has 0 N–H and O–H groups in total. The summed E-state index contributed by atoms with van der Waals surface area (Å²) in [6, 6.07) is 8.67. The first-order chi connectivity index (χ1) is 24.0. The maximum absolute atomic E-state index is 12.4. The van der Waals surface area contributed by atoms with Crippen molar-refractivity contribution in [2.75, 3.05) is 13.2 Å². The van der Waals surface area contributed by atoms with Crippen molar-refractivity contribution in [1.82, 2.24) is 15.0 Å². The Labute approximate surface area is 291 Å². The van der Waals surface area contributed by atoms with E-state index in [0.29, 0.717) is 5.69 Å². The average Bonchev–Trinajstić information content (AvgIpc) is 3.52. The number of carbonyl (C=O) groups excluding carboxylic acids is 7. The third-order valence-electron chi connectivity index (χ3n) is 6.74. The van der Waals surface area contributed by atoms with Crippen LogP contribution in [0.2, 0.25) is 0 Å². The maximum atomic E-state index is 12.4. The first-order valence-corrected chi connectivity index (χ1v) is 15.5. The van der Waals surface area contributed by atoms with Gasteiger partial charge in [0.1, 0.15) is 18.4 Å². The molecule has 1 aliphatic rings. The summed E-state index contributed by atoms with van der Waals surface area (Å²) in [5, 5.41) is 8.58. The van der Waals surface area contributed by atoms with Crippen LogP contribution in [0.5, 0.6) is 0 Å². The van der Waals surface area contributed by atoms with Crippen LogP contribution in [0.1, 0.15) is 60.3 Å². The number of esters is 7. The van der Waals surface area contributed by atoms with Gasteiger partial charge in [0.15, 0.2) is 42.9 Å². The Morgan fingerprint density at radius 3 is 1.82 bits per heavy atom. The zero-order valence-electron chi connectivity index (χ0n) is 28.9. The third-order valence-corrected chi connectivity index (χ3v) is 6.74. The van der Waals surface area contributed by atoms with Crippen molar-refractivity contribution < 1.29 is 76.2 Å². The zero-order valence-corrected chi connectivity index (χ0v) is 28.9. The summed E-state index contributed by atoms with van der Waals surface area (Å²) < 4.78 is 49.7. The molecule has 51 heavy (non-hydrogen) atoms. The van der Waals surface area contributed by atoms with Gasteiger partial charge in [-0.3, -0.25) is 33.6 Å². The third kappa shape index (κ3) is 12.1. The van der Waals surface area contributed by atoms with Gasteiger partial charge in [-0.25, -0.2) is 0 Å². The molecule has 278 valence electrons. The maximum Gasteiger partial charge on any atom is 0.303 e. The molecule has 1 fully saturated rings. The minimum absolute atomic E-state index is 0.00949. The van der Waals surface area contributed by atoms with Crippen LogP contribution in [0.15, 0.2) is 36.5 Å². The minimum atomic E-state index is -1.69. The van der Waals surface area contributed by atoms with E-state index in [2.05, 4.69) is 10.2 Å². The molecule has 2 heterocycles. The molecule has 19 heteroatoms. The molecule has 0 radical (unpaired) electrons. The molecule has 19 nitrogen and oxygen atoms in total. The molecule has 0 amide bonds. The van der Waals surface area contributed by atoms with E-state index in [9.17, 15) is 33.6 Å². The van der Waals surface area contributed by atoms with Crippen molar-refractivity contribution in [3.05, 3.63) is 42.2 Å². The van der Waals surface area contributed by atoms with Gasteiger partial charge in [0, 0.05) is 48.5 Å². The molecule has 1 saturated heterocycles. The van der Waals surface area contributed by atoms with Crippen LogP contribution in [0.25, 0.3) is 5.69 Å². The fraction of sp³-hybridized carbons (Fsp3) is 0.531. The van der Waals surface area contributed by atoms with Crippen LogP contribution in [-0.4, -0.2) is 113 Å². The summed E-state index contributed by atoms with van der Waals surface area (Å²) in [7, 11) is 0. The Kier molecular flexibility index (Phi) is 14.5. The van der Waals surface area contributed by atoms with Gasteiger partial charge in [-0.1, -0.05) is 18.2 Å². The van der Waals surface area contributed by atoms with Gasteiger partial charge in [0.2, 0.25) is 0 Å². The molecule has 8 atom stereocenters. The van der Waals surface area contributed by atoms with Crippen molar-refractivity contribution in [3.63, 3.8) is 0 Å². The van der Waals surface area contributed by atoms with Crippen LogP contribution in [0, 0.1) is 0 Å². The molecular formula is C32H39N3O16. The molecule has 0 aliphatic carbocycles. The Balaban J connectivity index is 2.06. The van der Waals surface area contributed by atoms with Crippen molar-refractivity contribution in [2.45, 2.75) is 97.5 Å². The van der Waals surface area contributed by atoms with E-state index in [1.807, 2.05) is 0 Å². The van der Waals surface area contributed by atoms with Gasteiger partial charge in [-0.2, -0.15) is 9.90 Å². The number of hydrogen-bond donors (Lipinski definition) is 0. The molecule has 0 saturated carbocycles. The average molecular weight is 722 g/mol. The van der Waals surface area contributed by atoms with Crippen molar-refractivity contribution in [3.8, 4) is 5.69 Å². The first kappa shape index (κ1) is 40.0. The summed E-state index contributed by atoms with van der Waals surface area (Å²) in [6.45, 7) is 6.22. The quantitative estimate of drug-likeness (QED) is 0.183. The highest BCUT2D eigenvalue weighted by molar-refractivity contribution is 5.69. The largest absolute Gasteiger partial charge is 0.463 e. The topological polar surface area (TPSA) is 233 Å². The molecule has 1 aromatic heterocycles. The molecule has 0 unspecified atom stereocenters. The van der Waals surface area contributed by atoms with Crippen molar-refractivity contribution >= 4 is 41.8 Å². The van der Waals surface area contributed by atoms with E-state index in [1.54, 1.807) is 30.3 Å². The van der Waals surface area contributed by atoms with Crippen LogP contribution in [-0.2, 0) is 76.2 Å². The van der Waals surface area contributed by atoms with Crippen LogP contribution < -0.4 is 0 Å².